The second-order valence-electron chi connectivity index (χ2n) is 4.10. The van der Waals surface area contributed by atoms with E-state index in [0.717, 1.165) is 19.3 Å². The van der Waals surface area contributed by atoms with Gasteiger partial charge in [-0.2, -0.15) is 0 Å². The van der Waals surface area contributed by atoms with E-state index in [4.69, 9.17) is 5.11 Å². The quantitative estimate of drug-likeness (QED) is 0.770. The van der Waals surface area contributed by atoms with Gasteiger partial charge in [0, 0.05) is 0 Å². The van der Waals surface area contributed by atoms with E-state index < -0.39 is 15.9 Å². The molecule has 0 bridgehead atoms. The van der Waals surface area contributed by atoms with Gasteiger partial charge in [0.1, 0.15) is 0 Å². The average Bonchev–Trinajstić information content (AvgIpc) is 2.10. The number of halogens is 1. The zero-order chi connectivity index (χ0) is 10.8. The summed E-state index contributed by atoms with van der Waals surface area (Å²) in [5.41, 5.74) is -1.08. The lowest BCUT2D eigenvalue weighted by Crippen LogP contribution is -2.56. The first-order valence-electron chi connectivity index (χ1n) is 5.11. The number of hydrogen-bond donors (Lipinski definition) is 2. The molecular weight excluding hydrogens is 248 g/mol. The smallest absolute Gasteiger partial charge is 0.323 e. The Labute approximate surface area is 92.6 Å². The number of alkyl halides is 1. The van der Waals surface area contributed by atoms with Gasteiger partial charge in [-0.3, -0.25) is 4.79 Å². The number of carboxylic acid groups (broad SMARTS) is 1. The summed E-state index contributed by atoms with van der Waals surface area (Å²) < 4.78 is -1.13. The molecule has 0 amide bonds. The Morgan fingerprint density at radius 1 is 1.43 bits per heavy atom. The molecule has 0 spiro atoms. The van der Waals surface area contributed by atoms with Crippen molar-refractivity contribution in [1.82, 2.24) is 0 Å². The standard InChI is InChI=1S/C10H17BrO3/c1-2-5-9(14)6-3-4-7-10(9,11)8(12)13/h14H,2-7H2,1H3,(H,12,13)/t9-,10+/m1/s1. The Kier molecular flexibility index (Phi) is 3.58. The van der Waals surface area contributed by atoms with Crippen LogP contribution in [0.15, 0.2) is 0 Å². The summed E-state index contributed by atoms with van der Waals surface area (Å²) >= 11 is 3.23. The van der Waals surface area contributed by atoms with E-state index in [1.807, 2.05) is 6.92 Å². The second-order valence-corrected chi connectivity index (χ2v) is 5.45. The summed E-state index contributed by atoms with van der Waals surface area (Å²) in [7, 11) is 0. The third kappa shape index (κ3) is 1.82. The van der Waals surface area contributed by atoms with Crippen LogP contribution in [0, 0.1) is 0 Å². The van der Waals surface area contributed by atoms with Crippen LogP contribution in [0.3, 0.4) is 0 Å². The predicted molar refractivity (Wildman–Crippen MR) is 57.6 cm³/mol. The lowest BCUT2D eigenvalue weighted by molar-refractivity contribution is -0.151. The van der Waals surface area contributed by atoms with Crippen molar-refractivity contribution >= 4 is 21.9 Å². The molecule has 0 aromatic rings. The lowest BCUT2D eigenvalue weighted by Gasteiger charge is -2.44. The molecule has 0 aliphatic heterocycles. The van der Waals surface area contributed by atoms with Crippen molar-refractivity contribution < 1.29 is 15.0 Å². The molecule has 0 saturated heterocycles. The minimum absolute atomic E-state index is 0.513. The van der Waals surface area contributed by atoms with Crippen molar-refractivity contribution in [2.24, 2.45) is 0 Å². The van der Waals surface area contributed by atoms with Crippen LogP contribution >= 0.6 is 15.9 Å². The first kappa shape index (κ1) is 12.0. The highest BCUT2D eigenvalue weighted by atomic mass is 79.9. The van der Waals surface area contributed by atoms with Gasteiger partial charge in [0.15, 0.2) is 4.32 Å². The van der Waals surface area contributed by atoms with Crippen LogP contribution in [-0.4, -0.2) is 26.1 Å². The molecule has 4 heteroatoms. The van der Waals surface area contributed by atoms with Gasteiger partial charge in [0.25, 0.3) is 0 Å². The number of aliphatic carboxylic acids is 1. The van der Waals surface area contributed by atoms with Crippen molar-refractivity contribution in [3.8, 4) is 0 Å². The molecule has 0 heterocycles. The van der Waals surface area contributed by atoms with Crippen LogP contribution in [0.25, 0.3) is 0 Å². The summed E-state index contributed by atoms with van der Waals surface area (Å²) in [6, 6.07) is 0. The summed E-state index contributed by atoms with van der Waals surface area (Å²) in [5.74, 6) is -0.937. The molecule has 0 radical (unpaired) electrons. The van der Waals surface area contributed by atoms with E-state index in [-0.39, 0.29) is 0 Å². The Morgan fingerprint density at radius 2 is 2.00 bits per heavy atom. The summed E-state index contributed by atoms with van der Waals surface area (Å²) in [5, 5.41) is 19.5. The van der Waals surface area contributed by atoms with E-state index in [1.54, 1.807) is 0 Å². The number of hydrogen-bond acceptors (Lipinski definition) is 2. The molecule has 0 unspecified atom stereocenters. The van der Waals surface area contributed by atoms with Crippen LogP contribution in [-0.2, 0) is 4.79 Å². The molecule has 82 valence electrons. The third-order valence-corrected chi connectivity index (χ3v) is 4.58. The zero-order valence-corrected chi connectivity index (χ0v) is 10.0. The van der Waals surface area contributed by atoms with Gasteiger partial charge in [0.05, 0.1) is 5.60 Å². The minimum atomic E-state index is -1.13. The Morgan fingerprint density at radius 3 is 2.50 bits per heavy atom. The van der Waals surface area contributed by atoms with Crippen LogP contribution in [0.1, 0.15) is 45.4 Å². The van der Waals surface area contributed by atoms with E-state index >= 15 is 0 Å². The molecule has 1 rings (SSSR count). The molecule has 1 fully saturated rings. The van der Waals surface area contributed by atoms with Crippen LogP contribution in [0.2, 0.25) is 0 Å². The van der Waals surface area contributed by atoms with Crippen molar-refractivity contribution in [2.45, 2.75) is 55.4 Å². The molecule has 1 aliphatic rings. The van der Waals surface area contributed by atoms with Crippen LogP contribution in [0.4, 0.5) is 0 Å². The molecular formula is C10H17BrO3. The Bertz CT molecular complexity index is 227. The molecule has 1 aliphatic carbocycles. The molecule has 3 nitrogen and oxygen atoms in total. The third-order valence-electron chi connectivity index (χ3n) is 3.10. The topological polar surface area (TPSA) is 57.5 Å². The number of aliphatic hydroxyl groups is 1. The maximum atomic E-state index is 11.2. The first-order valence-corrected chi connectivity index (χ1v) is 5.90. The zero-order valence-electron chi connectivity index (χ0n) is 8.42. The fraction of sp³-hybridized carbons (Fsp3) is 0.900. The molecule has 2 N–H and O–H groups in total. The van der Waals surface area contributed by atoms with Gasteiger partial charge in [-0.15, -0.1) is 0 Å². The Balaban J connectivity index is 2.93. The van der Waals surface area contributed by atoms with E-state index in [2.05, 4.69) is 15.9 Å². The second kappa shape index (κ2) is 4.19. The van der Waals surface area contributed by atoms with Crippen LogP contribution in [0.5, 0.6) is 0 Å². The lowest BCUT2D eigenvalue weighted by atomic mass is 9.73. The van der Waals surface area contributed by atoms with Gasteiger partial charge in [0.2, 0.25) is 0 Å². The largest absolute Gasteiger partial charge is 0.480 e. The van der Waals surface area contributed by atoms with Crippen LogP contribution < -0.4 is 0 Å². The molecule has 14 heavy (non-hydrogen) atoms. The van der Waals surface area contributed by atoms with Crippen molar-refractivity contribution in [1.29, 1.82) is 0 Å². The maximum Gasteiger partial charge on any atom is 0.323 e. The first-order chi connectivity index (χ1) is 6.46. The van der Waals surface area contributed by atoms with E-state index in [1.165, 1.54) is 0 Å². The van der Waals surface area contributed by atoms with E-state index in [9.17, 15) is 9.90 Å². The minimum Gasteiger partial charge on any atom is -0.480 e. The van der Waals surface area contributed by atoms with Gasteiger partial charge < -0.3 is 10.2 Å². The molecule has 0 aromatic heterocycles. The highest BCUT2D eigenvalue weighted by Crippen LogP contribution is 2.46. The highest BCUT2D eigenvalue weighted by Gasteiger charge is 2.54. The van der Waals surface area contributed by atoms with Gasteiger partial charge in [-0.1, -0.05) is 42.1 Å². The monoisotopic (exact) mass is 264 g/mol. The molecule has 1 saturated carbocycles. The fourth-order valence-corrected chi connectivity index (χ4v) is 2.94. The maximum absolute atomic E-state index is 11.2. The average molecular weight is 265 g/mol. The van der Waals surface area contributed by atoms with Crippen molar-refractivity contribution in [3.63, 3.8) is 0 Å². The Hall–Kier alpha value is -0.0900. The summed E-state index contributed by atoms with van der Waals surface area (Å²) in [6.07, 6.45) is 4.22. The van der Waals surface area contributed by atoms with Crippen molar-refractivity contribution in [3.05, 3.63) is 0 Å². The number of carboxylic acids is 1. The predicted octanol–water partition coefficient (Wildman–Crippen LogP) is 2.31. The van der Waals surface area contributed by atoms with Gasteiger partial charge >= 0.3 is 5.97 Å². The van der Waals surface area contributed by atoms with Crippen molar-refractivity contribution in [2.75, 3.05) is 0 Å². The number of rotatable bonds is 3. The fourth-order valence-electron chi connectivity index (χ4n) is 2.26. The van der Waals surface area contributed by atoms with Gasteiger partial charge in [-0.05, 0) is 19.3 Å². The normalized spacial score (nSPS) is 38.2. The summed E-state index contributed by atoms with van der Waals surface area (Å²) in [4.78, 5) is 11.2. The molecule has 0 aromatic carbocycles. The van der Waals surface area contributed by atoms with E-state index in [0.29, 0.717) is 19.3 Å². The number of carbonyl (C=O) groups is 1. The van der Waals surface area contributed by atoms with Gasteiger partial charge in [-0.25, -0.2) is 0 Å². The summed E-state index contributed by atoms with van der Waals surface area (Å²) in [6.45, 7) is 1.96. The highest BCUT2D eigenvalue weighted by molar-refractivity contribution is 9.10. The molecule has 2 atom stereocenters. The SMILES string of the molecule is CCC[C@@]1(O)CCCC[C@]1(Br)C(=O)O.